The van der Waals surface area contributed by atoms with Crippen LogP contribution in [0.2, 0.25) is 0 Å². The minimum atomic E-state index is -1.61. The normalized spacial score (nSPS) is 25.2. The summed E-state index contributed by atoms with van der Waals surface area (Å²) in [6.45, 7) is 1.96. The lowest BCUT2D eigenvalue weighted by Gasteiger charge is -2.23. The van der Waals surface area contributed by atoms with Crippen molar-refractivity contribution in [1.82, 2.24) is 5.32 Å². The number of ether oxygens (including phenoxy) is 1. The average Bonchev–Trinajstić information content (AvgIpc) is 3.41. The van der Waals surface area contributed by atoms with Crippen LogP contribution in [0.3, 0.4) is 0 Å². The largest absolute Gasteiger partial charge is 0.425 e. The van der Waals surface area contributed by atoms with Crippen molar-refractivity contribution in [2.45, 2.75) is 19.4 Å². The molecule has 3 aromatic rings. The molecule has 1 N–H and O–H groups in total. The lowest BCUT2D eigenvalue weighted by Crippen LogP contribution is -2.45. The third kappa shape index (κ3) is 2.79. The van der Waals surface area contributed by atoms with Crippen molar-refractivity contribution in [3.63, 3.8) is 0 Å². The number of esters is 1. The first-order valence-corrected chi connectivity index (χ1v) is 11.1. The SMILES string of the molecule is C[C@]1(C(=O)c2ccc(Br)cc2)[C@@H]2c3ccccc3OC(=O)[C@]21C(=O)NCc1ccccc1. The summed E-state index contributed by atoms with van der Waals surface area (Å²) in [6.07, 6.45) is 0. The number of carbonyl (C=O) groups excluding carboxylic acids is 3. The number of nitrogens with one attached hydrogen (secondary N) is 1. The van der Waals surface area contributed by atoms with E-state index in [1.165, 1.54) is 0 Å². The van der Waals surface area contributed by atoms with Crippen LogP contribution in [0.1, 0.15) is 34.3 Å². The minimum Gasteiger partial charge on any atom is -0.425 e. The molecule has 5 rings (SSSR count). The highest BCUT2D eigenvalue weighted by Crippen LogP contribution is 2.78. The second-order valence-electron chi connectivity index (χ2n) is 8.38. The third-order valence-corrected chi connectivity index (χ3v) is 7.26. The molecule has 0 spiro atoms. The van der Waals surface area contributed by atoms with Gasteiger partial charge in [-0.2, -0.15) is 0 Å². The Morgan fingerprint density at radius 1 is 0.969 bits per heavy atom. The molecule has 1 amide bonds. The highest BCUT2D eigenvalue weighted by molar-refractivity contribution is 9.10. The Kier molecular flexibility index (Phi) is 4.78. The van der Waals surface area contributed by atoms with Gasteiger partial charge in [0.15, 0.2) is 11.2 Å². The van der Waals surface area contributed by atoms with Crippen LogP contribution in [0.4, 0.5) is 0 Å². The Hall–Kier alpha value is -3.25. The Bertz CT molecular complexity index is 1240. The predicted molar refractivity (Wildman–Crippen MR) is 122 cm³/mol. The Labute approximate surface area is 193 Å². The summed E-state index contributed by atoms with van der Waals surface area (Å²) in [4.78, 5) is 40.7. The van der Waals surface area contributed by atoms with Crippen molar-refractivity contribution in [1.29, 1.82) is 0 Å². The van der Waals surface area contributed by atoms with Crippen molar-refractivity contribution in [2.75, 3.05) is 0 Å². The fourth-order valence-electron chi connectivity index (χ4n) is 5.07. The van der Waals surface area contributed by atoms with Crippen LogP contribution in [0.15, 0.2) is 83.3 Å². The number of Topliss-reactive ketones (excluding diaryl/α,β-unsaturated/α-hetero) is 1. The molecule has 160 valence electrons. The van der Waals surface area contributed by atoms with Gasteiger partial charge in [0.2, 0.25) is 5.91 Å². The maximum Gasteiger partial charge on any atom is 0.328 e. The van der Waals surface area contributed by atoms with Gasteiger partial charge in [0.1, 0.15) is 5.75 Å². The first-order valence-electron chi connectivity index (χ1n) is 10.3. The zero-order chi connectivity index (χ0) is 22.5. The molecule has 1 fully saturated rings. The molecule has 0 aromatic heterocycles. The monoisotopic (exact) mass is 489 g/mol. The molecule has 5 nitrogen and oxygen atoms in total. The van der Waals surface area contributed by atoms with E-state index in [1.807, 2.05) is 42.5 Å². The van der Waals surface area contributed by atoms with Crippen molar-refractivity contribution in [3.8, 4) is 5.75 Å². The maximum atomic E-state index is 13.7. The van der Waals surface area contributed by atoms with Gasteiger partial charge in [-0.15, -0.1) is 0 Å². The first-order chi connectivity index (χ1) is 15.4. The fourth-order valence-corrected chi connectivity index (χ4v) is 5.34. The van der Waals surface area contributed by atoms with Crippen LogP contribution in [0.25, 0.3) is 0 Å². The second-order valence-corrected chi connectivity index (χ2v) is 9.29. The fraction of sp³-hybridized carbons (Fsp3) is 0.192. The molecule has 2 aliphatic rings. The number of benzene rings is 3. The highest BCUT2D eigenvalue weighted by atomic mass is 79.9. The summed E-state index contributed by atoms with van der Waals surface area (Å²) in [6, 6.07) is 23.5. The molecular weight excluding hydrogens is 470 g/mol. The van der Waals surface area contributed by atoms with Crippen LogP contribution in [-0.2, 0) is 16.1 Å². The van der Waals surface area contributed by atoms with E-state index in [0.29, 0.717) is 16.9 Å². The topological polar surface area (TPSA) is 72.5 Å². The van der Waals surface area contributed by atoms with Gasteiger partial charge in [-0.05, 0) is 30.7 Å². The van der Waals surface area contributed by atoms with Gasteiger partial charge in [-0.3, -0.25) is 14.4 Å². The van der Waals surface area contributed by atoms with Gasteiger partial charge in [-0.25, -0.2) is 0 Å². The van der Waals surface area contributed by atoms with Crippen LogP contribution in [-0.4, -0.2) is 17.7 Å². The molecule has 3 aromatic carbocycles. The number of rotatable bonds is 5. The highest BCUT2D eigenvalue weighted by Gasteiger charge is 2.88. The molecule has 0 radical (unpaired) electrons. The number of ketones is 1. The molecular formula is C26H20BrNO4. The second kappa shape index (κ2) is 7.41. The van der Waals surface area contributed by atoms with Crippen LogP contribution in [0.5, 0.6) is 5.75 Å². The lowest BCUT2D eigenvalue weighted by molar-refractivity contribution is -0.149. The molecule has 0 saturated heterocycles. The van der Waals surface area contributed by atoms with Crippen LogP contribution < -0.4 is 10.1 Å². The molecule has 0 bridgehead atoms. The summed E-state index contributed by atoms with van der Waals surface area (Å²) in [7, 11) is 0. The van der Waals surface area contributed by atoms with Crippen molar-refractivity contribution in [3.05, 3.63) is 100 Å². The summed E-state index contributed by atoms with van der Waals surface area (Å²) in [5, 5.41) is 2.88. The van der Waals surface area contributed by atoms with E-state index in [0.717, 1.165) is 10.0 Å². The van der Waals surface area contributed by atoms with Gasteiger partial charge in [0, 0.05) is 28.1 Å². The van der Waals surface area contributed by atoms with E-state index in [2.05, 4.69) is 21.2 Å². The number of halogens is 1. The number of fused-ring (bicyclic) bond motifs is 3. The Morgan fingerprint density at radius 2 is 1.62 bits per heavy atom. The zero-order valence-electron chi connectivity index (χ0n) is 17.3. The number of amides is 1. The Morgan fingerprint density at radius 3 is 2.34 bits per heavy atom. The molecule has 0 unspecified atom stereocenters. The van der Waals surface area contributed by atoms with Gasteiger partial charge in [0.25, 0.3) is 0 Å². The summed E-state index contributed by atoms with van der Waals surface area (Å²) >= 11 is 3.38. The summed E-state index contributed by atoms with van der Waals surface area (Å²) in [5.74, 6) is -1.61. The van der Waals surface area contributed by atoms with E-state index in [-0.39, 0.29) is 12.3 Å². The molecule has 6 heteroatoms. The van der Waals surface area contributed by atoms with Gasteiger partial charge in [0.05, 0.1) is 5.41 Å². The van der Waals surface area contributed by atoms with Crippen molar-refractivity contribution >= 4 is 33.6 Å². The average molecular weight is 490 g/mol. The van der Waals surface area contributed by atoms with E-state index in [1.54, 1.807) is 43.3 Å². The number of hydrogen-bond acceptors (Lipinski definition) is 4. The number of para-hydroxylation sites is 1. The molecule has 1 aliphatic heterocycles. The van der Waals surface area contributed by atoms with Crippen molar-refractivity contribution in [2.24, 2.45) is 10.8 Å². The molecule has 32 heavy (non-hydrogen) atoms. The zero-order valence-corrected chi connectivity index (χ0v) is 18.9. The molecule has 1 heterocycles. The van der Waals surface area contributed by atoms with Crippen molar-refractivity contribution < 1.29 is 19.1 Å². The van der Waals surface area contributed by atoms with Crippen LogP contribution in [0, 0.1) is 10.8 Å². The predicted octanol–water partition coefficient (Wildman–Crippen LogP) is 4.66. The molecule has 3 atom stereocenters. The van der Waals surface area contributed by atoms with E-state index >= 15 is 0 Å². The van der Waals surface area contributed by atoms with E-state index < -0.39 is 28.6 Å². The molecule has 1 saturated carbocycles. The Balaban J connectivity index is 1.57. The quantitative estimate of drug-likeness (QED) is 0.245. The maximum absolute atomic E-state index is 13.7. The van der Waals surface area contributed by atoms with Crippen LogP contribution >= 0.6 is 15.9 Å². The summed E-state index contributed by atoms with van der Waals surface area (Å²) in [5.41, 5.74) is -0.813. The van der Waals surface area contributed by atoms with Gasteiger partial charge in [-0.1, -0.05) is 76.6 Å². The third-order valence-electron chi connectivity index (χ3n) is 6.73. The van der Waals surface area contributed by atoms with E-state index in [4.69, 9.17) is 4.74 Å². The minimum absolute atomic E-state index is 0.251. The number of hydrogen-bond donors (Lipinski definition) is 1. The number of carbonyl (C=O) groups is 3. The standard InChI is InChI=1S/C26H20BrNO4/c1-25(22(29)17-11-13-18(27)14-12-17)21-19-9-5-6-10-20(19)32-24(31)26(21,25)23(30)28-15-16-7-3-2-4-8-16/h2-14,21H,15H2,1H3,(H,28,30)/t21-,25+,26+/m0/s1. The smallest absolute Gasteiger partial charge is 0.328 e. The van der Waals surface area contributed by atoms with E-state index in [9.17, 15) is 14.4 Å². The first kappa shape index (κ1) is 20.6. The van der Waals surface area contributed by atoms with Gasteiger partial charge >= 0.3 is 5.97 Å². The molecule has 1 aliphatic carbocycles. The summed E-state index contributed by atoms with van der Waals surface area (Å²) < 4.78 is 6.44. The van der Waals surface area contributed by atoms with Gasteiger partial charge < -0.3 is 10.1 Å². The lowest BCUT2D eigenvalue weighted by atomic mass is 9.86.